The van der Waals surface area contributed by atoms with Crippen LogP contribution < -0.4 is 10.1 Å². The normalized spacial score (nSPS) is 14.7. The van der Waals surface area contributed by atoms with Gasteiger partial charge in [-0.1, -0.05) is 12.1 Å². The number of rotatable bonds is 5. The van der Waals surface area contributed by atoms with Crippen molar-refractivity contribution in [3.8, 4) is 5.75 Å². The van der Waals surface area contributed by atoms with Gasteiger partial charge in [-0.15, -0.1) is 0 Å². The number of methoxy groups -OCH3 is 1. The quantitative estimate of drug-likeness (QED) is 0.776. The minimum Gasteiger partial charge on any atom is -0.497 e. The summed E-state index contributed by atoms with van der Waals surface area (Å²) in [5.74, 6) is 0.859. The molecule has 0 amide bonds. The maximum absolute atomic E-state index is 9.16. The molecule has 0 radical (unpaired) electrons. The Labute approximate surface area is 91.1 Å². The first kappa shape index (κ1) is 12.0. The SMILES string of the molecule is COc1cccc([C@H](C)NC[C@@H](C)O)c1. The first-order chi connectivity index (χ1) is 7.13. The second kappa shape index (κ2) is 5.73. The van der Waals surface area contributed by atoms with Gasteiger partial charge in [0, 0.05) is 12.6 Å². The molecule has 0 saturated carbocycles. The summed E-state index contributed by atoms with van der Waals surface area (Å²) >= 11 is 0. The Balaban J connectivity index is 2.60. The van der Waals surface area contributed by atoms with E-state index in [2.05, 4.69) is 12.2 Å². The van der Waals surface area contributed by atoms with Crippen molar-refractivity contribution in [2.75, 3.05) is 13.7 Å². The number of benzene rings is 1. The average Bonchev–Trinajstić information content (AvgIpc) is 2.26. The molecular formula is C12H19NO2. The maximum atomic E-state index is 9.16. The van der Waals surface area contributed by atoms with E-state index in [4.69, 9.17) is 9.84 Å². The molecule has 2 atom stereocenters. The molecule has 3 heteroatoms. The van der Waals surface area contributed by atoms with E-state index < -0.39 is 0 Å². The van der Waals surface area contributed by atoms with Gasteiger partial charge < -0.3 is 15.2 Å². The molecule has 1 rings (SSSR count). The zero-order chi connectivity index (χ0) is 11.3. The van der Waals surface area contributed by atoms with Gasteiger partial charge in [0.15, 0.2) is 0 Å². The molecule has 2 N–H and O–H groups in total. The molecule has 0 aliphatic carbocycles. The van der Waals surface area contributed by atoms with Crippen LogP contribution in [0.4, 0.5) is 0 Å². The largest absolute Gasteiger partial charge is 0.497 e. The molecule has 1 aromatic rings. The second-order valence-electron chi connectivity index (χ2n) is 3.76. The van der Waals surface area contributed by atoms with Crippen LogP contribution in [0, 0.1) is 0 Å². The van der Waals surface area contributed by atoms with Gasteiger partial charge in [0.2, 0.25) is 0 Å². The minimum absolute atomic E-state index is 0.217. The van der Waals surface area contributed by atoms with Gasteiger partial charge in [0.1, 0.15) is 5.75 Å². The summed E-state index contributed by atoms with van der Waals surface area (Å²) in [6.07, 6.45) is -0.321. The third-order valence-electron chi connectivity index (χ3n) is 2.31. The number of ether oxygens (including phenoxy) is 1. The average molecular weight is 209 g/mol. The number of hydrogen-bond donors (Lipinski definition) is 2. The molecule has 15 heavy (non-hydrogen) atoms. The van der Waals surface area contributed by atoms with Crippen LogP contribution in [0.5, 0.6) is 5.75 Å². The monoisotopic (exact) mass is 209 g/mol. The summed E-state index contributed by atoms with van der Waals surface area (Å²) in [7, 11) is 1.66. The molecule has 0 fully saturated rings. The number of hydrogen-bond acceptors (Lipinski definition) is 3. The van der Waals surface area contributed by atoms with E-state index in [9.17, 15) is 0 Å². The Bertz CT molecular complexity index is 299. The van der Waals surface area contributed by atoms with E-state index in [0.29, 0.717) is 6.54 Å². The van der Waals surface area contributed by atoms with Crippen LogP contribution in [0.15, 0.2) is 24.3 Å². The van der Waals surface area contributed by atoms with Crippen molar-refractivity contribution in [1.82, 2.24) is 5.32 Å². The number of aliphatic hydroxyl groups excluding tert-OH is 1. The van der Waals surface area contributed by atoms with E-state index in [1.165, 1.54) is 0 Å². The molecule has 0 unspecified atom stereocenters. The van der Waals surface area contributed by atoms with E-state index in [1.54, 1.807) is 14.0 Å². The van der Waals surface area contributed by atoms with Crippen molar-refractivity contribution in [3.05, 3.63) is 29.8 Å². The zero-order valence-electron chi connectivity index (χ0n) is 9.53. The van der Waals surface area contributed by atoms with Crippen LogP contribution in [0.2, 0.25) is 0 Å². The fraction of sp³-hybridized carbons (Fsp3) is 0.500. The zero-order valence-corrected chi connectivity index (χ0v) is 9.53. The molecule has 0 bridgehead atoms. The van der Waals surface area contributed by atoms with Crippen molar-refractivity contribution >= 4 is 0 Å². The summed E-state index contributed by atoms with van der Waals surface area (Å²) in [5, 5.41) is 12.4. The lowest BCUT2D eigenvalue weighted by Crippen LogP contribution is -2.27. The van der Waals surface area contributed by atoms with Crippen molar-refractivity contribution in [1.29, 1.82) is 0 Å². The molecule has 0 saturated heterocycles. The first-order valence-corrected chi connectivity index (χ1v) is 5.19. The lowest BCUT2D eigenvalue weighted by Gasteiger charge is -2.16. The van der Waals surface area contributed by atoms with Gasteiger partial charge in [0.05, 0.1) is 13.2 Å². The maximum Gasteiger partial charge on any atom is 0.119 e. The number of aliphatic hydroxyl groups is 1. The summed E-state index contributed by atoms with van der Waals surface area (Å²) in [5.41, 5.74) is 1.16. The summed E-state index contributed by atoms with van der Waals surface area (Å²) in [4.78, 5) is 0. The van der Waals surface area contributed by atoms with Gasteiger partial charge in [0.25, 0.3) is 0 Å². The lowest BCUT2D eigenvalue weighted by molar-refractivity contribution is 0.187. The standard InChI is InChI=1S/C12H19NO2/c1-9(14)8-13-10(2)11-5-4-6-12(7-11)15-3/h4-7,9-10,13-14H,8H2,1-3H3/t9-,10+/m1/s1. The Hall–Kier alpha value is -1.06. The highest BCUT2D eigenvalue weighted by atomic mass is 16.5. The molecule has 3 nitrogen and oxygen atoms in total. The molecule has 0 aromatic heterocycles. The van der Waals surface area contributed by atoms with E-state index >= 15 is 0 Å². The topological polar surface area (TPSA) is 41.5 Å². The third-order valence-corrected chi connectivity index (χ3v) is 2.31. The summed E-state index contributed by atoms with van der Waals surface area (Å²) < 4.78 is 5.15. The smallest absolute Gasteiger partial charge is 0.119 e. The Morgan fingerprint density at radius 3 is 2.73 bits per heavy atom. The molecule has 84 valence electrons. The highest BCUT2D eigenvalue weighted by molar-refractivity contribution is 5.30. The van der Waals surface area contributed by atoms with Gasteiger partial charge in [-0.3, -0.25) is 0 Å². The highest BCUT2D eigenvalue weighted by Gasteiger charge is 2.06. The van der Waals surface area contributed by atoms with Crippen LogP contribution in [0.3, 0.4) is 0 Å². The first-order valence-electron chi connectivity index (χ1n) is 5.19. The Morgan fingerprint density at radius 2 is 2.13 bits per heavy atom. The fourth-order valence-corrected chi connectivity index (χ4v) is 1.38. The third kappa shape index (κ3) is 3.90. The molecule has 1 aromatic carbocycles. The van der Waals surface area contributed by atoms with E-state index in [-0.39, 0.29) is 12.1 Å². The van der Waals surface area contributed by atoms with Crippen LogP contribution in [-0.4, -0.2) is 24.9 Å². The molecule has 0 spiro atoms. The van der Waals surface area contributed by atoms with Gasteiger partial charge >= 0.3 is 0 Å². The van der Waals surface area contributed by atoms with Gasteiger partial charge in [-0.25, -0.2) is 0 Å². The number of nitrogens with one attached hydrogen (secondary N) is 1. The van der Waals surface area contributed by atoms with Crippen molar-refractivity contribution < 1.29 is 9.84 Å². The van der Waals surface area contributed by atoms with Crippen LogP contribution >= 0.6 is 0 Å². The Kier molecular flexibility index (Phi) is 4.59. The van der Waals surface area contributed by atoms with Gasteiger partial charge in [-0.05, 0) is 31.5 Å². The molecule has 0 aliphatic heterocycles. The Morgan fingerprint density at radius 1 is 1.40 bits per heavy atom. The van der Waals surface area contributed by atoms with E-state index in [0.717, 1.165) is 11.3 Å². The van der Waals surface area contributed by atoms with Crippen molar-refractivity contribution in [2.24, 2.45) is 0 Å². The molecule has 0 heterocycles. The predicted octanol–water partition coefficient (Wildman–Crippen LogP) is 1.73. The molecular weight excluding hydrogens is 190 g/mol. The van der Waals surface area contributed by atoms with Crippen LogP contribution in [0.1, 0.15) is 25.5 Å². The van der Waals surface area contributed by atoms with Crippen molar-refractivity contribution in [3.63, 3.8) is 0 Å². The van der Waals surface area contributed by atoms with E-state index in [1.807, 2.05) is 24.3 Å². The predicted molar refractivity (Wildman–Crippen MR) is 61.1 cm³/mol. The highest BCUT2D eigenvalue weighted by Crippen LogP contribution is 2.18. The van der Waals surface area contributed by atoms with Crippen molar-refractivity contribution in [2.45, 2.75) is 26.0 Å². The lowest BCUT2D eigenvalue weighted by atomic mass is 10.1. The summed E-state index contributed by atoms with van der Waals surface area (Å²) in [6, 6.07) is 8.15. The minimum atomic E-state index is -0.321. The van der Waals surface area contributed by atoms with Gasteiger partial charge in [-0.2, -0.15) is 0 Å². The van der Waals surface area contributed by atoms with Crippen LogP contribution in [-0.2, 0) is 0 Å². The summed E-state index contributed by atoms with van der Waals surface area (Å²) in [6.45, 7) is 4.43. The molecule has 0 aliphatic rings. The second-order valence-corrected chi connectivity index (χ2v) is 3.76. The fourth-order valence-electron chi connectivity index (χ4n) is 1.38. The van der Waals surface area contributed by atoms with Crippen LogP contribution in [0.25, 0.3) is 0 Å².